The summed E-state index contributed by atoms with van der Waals surface area (Å²) in [6, 6.07) is 6.90. The predicted molar refractivity (Wildman–Crippen MR) is 76.7 cm³/mol. The molecule has 1 saturated heterocycles. The van der Waals surface area contributed by atoms with Gasteiger partial charge in [0.2, 0.25) is 0 Å². The van der Waals surface area contributed by atoms with Crippen LogP contribution in [-0.2, 0) is 0 Å². The maximum absolute atomic E-state index is 9.00. The highest BCUT2D eigenvalue weighted by Crippen LogP contribution is 2.10. The van der Waals surface area contributed by atoms with Gasteiger partial charge in [-0.1, -0.05) is 25.0 Å². The minimum Gasteiger partial charge on any atom is -0.492 e. The highest BCUT2D eigenvalue weighted by Gasteiger charge is 2.11. The van der Waals surface area contributed by atoms with Crippen molar-refractivity contribution in [3.8, 4) is 5.75 Å². The zero-order valence-corrected chi connectivity index (χ0v) is 11.3. The van der Waals surface area contributed by atoms with Crippen LogP contribution < -0.4 is 10.2 Å². The van der Waals surface area contributed by atoms with E-state index < -0.39 is 7.12 Å². The summed E-state index contributed by atoms with van der Waals surface area (Å²) < 4.78 is 5.68. The van der Waals surface area contributed by atoms with E-state index in [0.717, 1.165) is 12.3 Å². The summed E-state index contributed by atoms with van der Waals surface area (Å²) in [5.74, 6) is 0.777. The third-order valence-electron chi connectivity index (χ3n) is 3.55. The summed E-state index contributed by atoms with van der Waals surface area (Å²) in [4.78, 5) is 2.46. The molecule has 0 unspecified atom stereocenters. The first-order valence-electron chi connectivity index (χ1n) is 7.07. The second-order valence-corrected chi connectivity index (χ2v) is 5.05. The molecule has 0 amide bonds. The molecule has 19 heavy (non-hydrogen) atoms. The van der Waals surface area contributed by atoms with Gasteiger partial charge in [0.25, 0.3) is 0 Å². The fourth-order valence-electron chi connectivity index (χ4n) is 2.39. The topological polar surface area (TPSA) is 52.9 Å². The number of nitrogens with zero attached hydrogens (tertiary/aromatic N) is 1. The van der Waals surface area contributed by atoms with E-state index in [0.29, 0.717) is 12.1 Å². The molecule has 1 aromatic rings. The summed E-state index contributed by atoms with van der Waals surface area (Å²) in [7, 11) is -1.41. The molecule has 1 aliphatic rings. The Morgan fingerprint density at radius 3 is 2.21 bits per heavy atom. The smallest absolute Gasteiger partial charge is 0.488 e. The zero-order chi connectivity index (χ0) is 13.5. The average molecular weight is 263 g/mol. The fourth-order valence-corrected chi connectivity index (χ4v) is 2.39. The Hall–Kier alpha value is -1.04. The molecule has 1 fully saturated rings. The molecule has 0 atom stereocenters. The molecule has 0 bridgehead atoms. The second kappa shape index (κ2) is 7.53. The lowest BCUT2D eigenvalue weighted by Crippen LogP contribution is -2.30. The molecule has 1 aliphatic heterocycles. The number of benzene rings is 1. The maximum atomic E-state index is 9.00. The SMILES string of the molecule is OB(O)c1ccc(OCCN2CCCCCC2)cc1. The van der Waals surface area contributed by atoms with E-state index in [9.17, 15) is 0 Å². The molecule has 2 N–H and O–H groups in total. The van der Waals surface area contributed by atoms with Crippen LogP contribution in [0.3, 0.4) is 0 Å². The number of ether oxygens (including phenoxy) is 1. The van der Waals surface area contributed by atoms with Gasteiger partial charge in [0.1, 0.15) is 12.4 Å². The Morgan fingerprint density at radius 2 is 1.63 bits per heavy atom. The van der Waals surface area contributed by atoms with Crippen molar-refractivity contribution in [2.24, 2.45) is 0 Å². The third kappa shape index (κ3) is 4.86. The van der Waals surface area contributed by atoms with Gasteiger partial charge in [-0.3, -0.25) is 4.90 Å². The van der Waals surface area contributed by atoms with Gasteiger partial charge in [-0.2, -0.15) is 0 Å². The molecule has 0 spiro atoms. The van der Waals surface area contributed by atoms with Crippen molar-refractivity contribution in [3.05, 3.63) is 24.3 Å². The van der Waals surface area contributed by atoms with Gasteiger partial charge < -0.3 is 14.8 Å². The minimum atomic E-state index is -1.41. The maximum Gasteiger partial charge on any atom is 0.488 e. The first-order chi connectivity index (χ1) is 9.25. The molecule has 0 radical (unpaired) electrons. The van der Waals surface area contributed by atoms with E-state index in [1.807, 2.05) is 0 Å². The van der Waals surface area contributed by atoms with Crippen LogP contribution >= 0.6 is 0 Å². The van der Waals surface area contributed by atoms with Gasteiger partial charge in [0.05, 0.1) is 0 Å². The van der Waals surface area contributed by atoms with Crippen LogP contribution in [0.1, 0.15) is 25.7 Å². The molecule has 5 heteroatoms. The Balaban J connectivity index is 1.72. The minimum absolute atomic E-state index is 0.486. The lowest BCUT2D eigenvalue weighted by atomic mass is 9.80. The summed E-state index contributed by atoms with van der Waals surface area (Å²) in [6.45, 7) is 4.00. The Labute approximate surface area is 115 Å². The van der Waals surface area contributed by atoms with E-state index in [1.165, 1.54) is 38.8 Å². The van der Waals surface area contributed by atoms with Crippen LogP contribution in [0.15, 0.2) is 24.3 Å². The first-order valence-corrected chi connectivity index (χ1v) is 7.07. The largest absolute Gasteiger partial charge is 0.492 e. The molecule has 2 rings (SSSR count). The van der Waals surface area contributed by atoms with Gasteiger partial charge in [-0.15, -0.1) is 0 Å². The van der Waals surface area contributed by atoms with Crippen molar-refractivity contribution in [1.29, 1.82) is 0 Å². The van der Waals surface area contributed by atoms with Crippen molar-refractivity contribution >= 4 is 12.6 Å². The average Bonchev–Trinajstić information content (AvgIpc) is 2.68. The van der Waals surface area contributed by atoms with E-state index in [4.69, 9.17) is 14.8 Å². The second-order valence-electron chi connectivity index (χ2n) is 5.05. The number of likely N-dealkylation sites (tertiary alicyclic amines) is 1. The molecule has 1 aromatic carbocycles. The van der Waals surface area contributed by atoms with Gasteiger partial charge in [-0.05, 0) is 43.5 Å². The number of rotatable bonds is 5. The normalized spacial score (nSPS) is 16.9. The monoisotopic (exact) mass is 263 g/mol. The summed E-state index contributed by atoms with van der Waals surface area (Å²) in [5.41, 5.74) is 0.486. The van der Waals surface area contributed by atoms with Gasteiger partial charge in [0.15, 0.2) is 0 Å². The lowest BCUT2D eigenvalue weighted by Gasteiger charge is -2.19. The molecular weight excluding hydrogens is 241 g/mol. The van der Waals surface area contributed by atoms with Crippen molar-refractivity contribution in [2.75, 3.05) is 26.2 Å². The Bertz CT molecular complexity index is 361. The van der Waals surface area contributed by atoms with Crippen LogP contribution in [0.4, 0.5) is 0 Å². The molecule has 4 nitrogen and oxygen atoms in total. The molecule has 1 heterocycles. The van der Waals surface area contributed by atoms with Gasteiger partial charge in [0, 0.05) is 6.54 Å². The molecule has 104 valence electrons. The Morgan fingerprint density at radius 1 is 1.00 bits per heavy atom. The molecular formula is C14H22BNO3. The van der Waals surface area contributed by atoms with Crippen LogP contribution in [-0.4, -0.2) is 48.3 Å². The molecule has 0 saturated carbocycles. The summed E-state index contributed by atoms with van der Waals surface area (Å²) >= 11 is 0. The quantitative estimate of drug-likeness (QED) is 0.765. The van der Waals surface area contributed by atoms with Crippen molar-refractivity contribution in [3.63, 3.8) is 0 Å². The summed E-state index contributed by atoms with van der Waals surface area (Å²) in [5, 5.41) is 18.0. The molecule has 0 aliphatic carbocycles. The highest BCUT2D eigenvalue weighted by molar-refractivity contribution is 6.58. The van der Waals surface area contributed by atoms with Crippen molar-refractivity contribution in [2.45, 2.75) is 25.7 Å². The molecule has 0 aromatic heterocycles. The van der Waals surface area contributed by atoms with Crippen LogP contribution in [0.25, 0.3) is 0 Å². The van der Waals surface area contributed by atoms with Gasteiger partial charge in [-0.25, -0.2) is 0 Å². The predicted octanol–water partition coefficient (Wildman–Crippen LogP) is 0.621. The Kier molecular flexibility index (Phi) is 5.70. The summed E-state index contributed by atoms with van der Waals surface area (Å²) in [6.07, 6.45) is 5.29. The first kappa shape index (κ1) is 14.4. The standard InChI is InChI=1S/C14H22BNO3/c17-15(18)13-5-7-14(8-6-13)19-12-11-16-9-3-1-2-4-10-16/h5-8,17-18H,1-4,9-12H2. The van der Waals surface area contributed by atoms with Crippen LogP contribution in [0.2, 0.25) is 0 Å². The third-order valence-corrected chi connectivity index (χ3v) is 3.55. The van der Waals surface area contributed by atoms with E-state index >= 15 is 0 Å². The van der Waals surface area contributed by atoms with Crippen molar-refractivity contribution in [1.82, 2.24) is 4.90 Å². The van der Waals surface area contributed by atoms with E-state index in [2.05, 4.69) is 4.90 Å². The van der Waals surface area contributed by atoms with Gasteiger partial charge >= 0.3 is 7.12 Å². The highest BCUT2D eigenvalue weighted by atomic mass is 16.5. The van der Waals surface area contributed by atoms with Crippen LogP contribution in [0, 0.1) is 0 Å². The van der Waals surface area contributed by atoms with E-state index in [-0.39, 0.29) is 0 Å². The lowest BCUT2D eigenvalue weighted by molar-refractivity contribution is 0.214. The number of hydrogen-bond donors (Lipinski definition) is 2. The fraction of sp³-hybridized carbons (Fsp3) is 0.571. The van der Waals surface area contributed by atoms with Crippen molar-refractivity contribution < 1.29 is 14.8 Å². The number of hydrogen-bond acceptors (Lipinski definition) is 4. The van der Waals surface area contributed by atoms with Crippen LogP contribution in [0.5, 0.6) is 5.75 Å². The zero-order valence-electron chi connectivity index (χ0n) is 11.3. The van der Waals surface area contributed by atoms with E-state index in [1.54, 1.807) is 24.3 Å².